The van der Waals surface area contributed by atoms with Gasteiger partial charge in [0.05, 0.1) is 5.56 Å². The van der Waals surface area contributed by atoms with Gasteiger partial charge in [0.1, 0.15) is 0 Å². The first-order chi connectivity index (χ1) is 9.21. The fraction of sp³-hybridized carbons (Fsp3) is 0.588. The lowest BCUT2D eigenvalue weighted by Gasteiger charge is -2.11. The summed E-state index contributed by atoms with van der Waals surface area (Å²) >= 11 is 0. The third kappa shape index (κ3) is 2.30. The summed E-state index contributed by atoms with van der Waals surface area (Å²) in [6, 6.07) is 5.86. The smallest absolute Gasteiger partial charge is 0.253 e. The zero-order chi connectivity index (χ0) is 15.1. The summed E-state index contributed by atoms with van der Waals surface area (Å²) in [4.78, 5) is 12.3. The Hall–Kier alpha value is -1.51. The molecule has 1 aromatic rings. The minimum atomic E-state index is 0.00727. The molecule has 1 aliphatic carbocycles. The first kappa shape index (κ1) is 14.9. The topological polar surface area (TPSA) is 41.1 Å². The summed E-state index contributed by atoms with van der Waals surface area (Å²) in [6.45, 7) is 11.9. The van der Waals surface area contributed by atoms with E-state index in [2.05, 4.69) is 38.3 Å². The Balaban J connectivity index is 2.04. The van der Waals surface area contributed by atoms with Crippen molar-refractivity contribution in [2.24, 2.45) is 16.7 Å². The van der Waals surface area contributed by atoms with Crippen molar-refractivity contribution in [3.8, 4) is 0 Å². The quantitative estimate of drug-likeness (QED) is 0.883. The van der Waals surface area contributed by atoms with Crippen LogP contribution in [0.15, 0.2) is 18.2 Å². The molecule has 1 aromatic carbocycles. The minimum absolute atomic E-state index is 0.00727. The second kappa shape index (κ2) is 4.80. The van der Waals surface area contributed by atoms with Gasteiger partial charge in [0.25, 0.3) is 5.91 Å². The molecule has 2 rings (SSSR count). The van der Waals surface area contributed by atoms with Crippen molar-refractivity contribution in [3.05, 3.63) is 29.3 Å². The van der Waals surface area contributed by atoms with Crippen LogP contribution in [0.3, 0.4) is 0 Å². The Bertz CT molecular complexity index is 518. The predicted molar refractivity (Wildman–Crippen MR) is 84.1 cm³/mol. The second-order valence-electron chi connectivity index (χ2n) is 7.01. The molecular weight excluding hydrogens is 248 g/mol. The van der Waals surface area contributed by atoms with E-state index in [4.69, 9.17) is 0 Å². The molecule has 0 unspecified atom stereocenters. The Morgan fingerprint density at radius 3 is 2.30 bits per heavy atom. The highest BCUT2D eigenvalue weighted by Gasteiger charge is 2.64. The number of benzene rings is 1. The first-order valence-corrected chi connectivity index (χ1v) is 7.28. The Morgan fingerprint density at radius 1 is 1.20 bits per heavy atom. The molecule has 0 atom stereocenters. The lowest BCUT2D eigenvalue weighted by atomic mass is 10.0. The van der Waals surface area contributed by atoms with Gasteiger partial charge in [-0.05, 0) is 41.4 Å². The number of hydrogen-bond acceptors (Lipinski definition) is 2. The first-order valence-electron chi connectivity index (χ1n) is 7.28. The standard InChI is InChI=1S/C17H26N2O/c1-11-7-8-12(13(9-11)18-6)15(20)19-10-14-16(2,3)17(14,4)5/h7-9,14,18H,10H2,1-6H3,(H,19,20). The van der Waals surface area contributed by atoms with Crippen LogP contribution >= 0.6 is 0 Å². The van der Waals surface area contributed by atoms with E-state index in [0.29, 0.717) is 16.7 Å². The van der Waals surface area contributed by atoms with E-state index in [1.54, 1.807) is 0 Å². The van der Waals surface area contributed by atoms with Crippen molar-refractivity contribution in [1.29, 1.82) is 0 Å². The zero-order valence-corrected chi connectivity index (χ0v) is 13.4. The fourth-order valence-electron chi connectivity index (χ4n) is 3.20. The lowest BCUT2D eigenvalue weighted by Crippen LogP contribution is -2.27. The lowest BCUT2D eigenvalue weighted by molar-refractivity contribution is 0.0950. The summed E-state index contributed by atoms with van der Waals surface area (Å²) in [6.07, 6.45) is 0. The van der Waals surface area contributed by atoms with Gasteiger partial charge in [-0.3, -0.25) is 4.79 Å². The molecule has 0 bridgehead atoms. The molecule has 3 nitrogen and oxygen atoms in total. The number of hydrogen-bond donors (Lipinski definition) is 2. The monoisotopic (exact) mass is 274 g/mol. The highest BCUT2D eigenvalue weighted by molar-refractivity contribution is 5.99. The molecule has 110 valence electrons. The maximum absolute atomic E-state index is 12.3. The van der Waals surface area contributed by atoms with Crippen LogP contribution in [-0.2, 0) is 0 Å². The molecule has 0 spiro atoms. The molecule has 1 fully saturated rings. The van der Waals surface area contributed by atoms with Gasteiger partial charge >= 0.3 is 0 Å². The van der Waals surface area contributed by atoms with Gasteiger partial charge in [0.15, 0.2) is 0 Å². The van der Waals surface area contributed by atoms with E-state index in [9.17, 15) is 4.79 Å². The average Bonchev–Trinajstić information content (AvgIpc) is 2.76. The van der Waals surface area contributed by atoms with Crippen LogP contribution in [0.2, 0.25) is 0 Å². The molecule has 1 aliphatic rings. The van der Waals surface area contributed by atoms with Crippen molar-refractivity contribution in [2.75, 3.05) is 18.9 Å². The molecule has 0 radical (unpaired) electrons. The molecule has 3 heteroatoms. The number of anilines is 1. The van der Waals surface area contributed by atoms with Gasteiger partial charge in [-0.1, -0.05) is 33.8 Å². The number of carbonyl (C=O) groups excluding carboxylic acids is 1. The van der Waals surface area contributed by atoms with E-state index in [1.807, 2.05) is 32.2 Å². The fourth-order valence-corrected chi connectivity index (χ4v) is 3.20. The highest BCUT2D eigenvalue weighted by Crippen LogP contribution is 2.67. The minimum Gasteiger partial charge on any atom is -0.387 e. The summed E-state index contributed by atoms with van der Waals surface area (Å²) in [7, 11) is 1.85. The summed E-state index contributed by atoms with van der Waals surface area (Å²) < 4.78 is 0. The van der Waals surface area contributed by atoms with E-state index < -0.39 is 0 Å². The SMILES string of the molecule is CNc1cc(C)ccc1C(=O)NCC1C(C)(C)C1(C)C. The number of nitrogens with one attached hydrogen (secondary N) is 2. The summed E-state index contributed by atoms with van der Waals surface area (Å²) in [5, 5.41) is 6.18. The van der Waals surface area contributed by atoms with Crippen LogP contribution in [0, 0.1) is 23.7 Å². The van der Waals surface area contributed by atoms with Crippen LogP contribution in [0.25, 0.3) is 0 Å². The van der Waals surface area contributed by atoms with Crippen LogP contribution in [-0.4, -0.2) is 19.5 Å². The van der Waals surface area contributed by atoms with E-state index in [-0.39, 0.29) is 5.91 Å². The van der Waals surface area contributed by atoms with Crippen LogP contribution < -0.4 is 10.6 Å². The molecule has 0 aliphatic heterocycles. The van der Waals surface area contributed by atoms with Crippen molar-refractivity contribution < 1.29 is 4.79 Å². The highest BCUT2D eigenvalue weighted by atomic mass is 16.1. The second-order valence-corrected chi connectivity index (χ2v) is 7.01. The summed E-state index contributed by atoms with van der Waals surface area (Å²) in [5.74, 6) is 0.551. The third-order valence-electron chi connectivity index (χ3n) is 5.48. The maximum Gasteiger partial charge on any atom is 0.253 e. The van der Waals surface area contributed by atoms with Gasteiger partial charge in [-0.2, -0.15) is 0 Å². The normalized spacial score (nSPS) is 19.5. The molecule has 1 amide bonds. The molecule has 0 saturated heterocycles. The Kier molecular flexibility index (Phi) is 3.57. The van der Waals surface area contributed by atoms with Crippen LogP contribution in [0.5, 0.6) is 0 Å². The third-order valence-corrected chi connectivity index (χ3v) is 5.48. The van der Waals surface area contributed by atoms with E-state index in [0.717, 1.165) is 23.4 Å². The Labute approximate surface area is 122 Å². The number of amides is 1. The summed E-state index contributed by atoms with van der Waals surface area (Å²) in [5.41, 5.74) is 3.36. The number of carbonyl (C=O) groups is 1. The zero-order valence-electron chi connectivity index (χ0n) is 13.4. The molecule has 2 N–H and O–H groups in total. The molecule has 0 heterocycles. The molecule has 20 heavy (non-hydrogen) atoms. The van der Waals surface area contributed by atoms with Crippen molar-refractivity contribution >= 4 is 11.6 Å². The molecular formula is C17H26N2O. The average molecular weight is 274 g/mol. The van der Waals surface area contributed by atoms with Crippen molar-refractivity contribution in [1.82, 2.24) is 5.32 Å². The van der Waals surface area contributed by atoms with Gasteiger partial charge < -0.3 is 10.6 Å². The van der Waals surface area contributed by atoms with Gasteiger partial charge in [-0.15, -0.1) is 0 Å². The van der Waals surface area contributed by atoms with Gasteiger partial charge in [-0.25, -0.2) is 0 Å². The maximum atomic E-state index is 12.3. The van der Waals surface area contributed by atoms with Gasteiger partial charge in [0, 0.05) is 19.3 Å². The predicted octanol–water partition coefficient (Wildman–Crippen LogP) is 3.45. The Morgan fingerprint density at radius 2 is 1.80 bits per heavy atom. The van der Waals surface area contributed by atoms with E-state index >= 15 is 0 Å². The van der Waals surface area contributed by atoms with Crippen LogP contribution in [0.1, 0.15) is 43.6 Å². The molecule has 1 saturated carbocycles. The largest absolute Gasteiger partial charge is 0.387 e. The van der Waals surface area contributed by atoms with Crippen molar-refractivity contribution in [2.45, 2.75) is 34.6 Å². The van der Waals surface area contributed by atoms with Crippen molar-refractivity contribution in [3.63, 3.8) is 0 Å². The molecule has 0 aromatic heterocycles. The number of rotatable bonds is 4. The van der Waals surface area contributed by atoms with Crippen LogP contribution in [0.4, 0.5) is 5.69 Å². The number of aryl methyl sites for hydroxylation is 1. The van der Waals surface area contributed by atoms with E-state index in [1.165, 1.54) is 0 Å². The van der Waals surface area contributed by atoms with Gasteiger partial charge in [0.2, 0.25) is 0 Å².